The van der Waals surface area contributed by atoms with Gasteiger partial charge in [-0.05, 0) is 40.9 Å². The van der Waals surface area contributed by atoms with Gasteiger partial charge in [-0.3, -0.25) is 4.79 Å². The summed E-state index contributed by atoms with van der Waals surface area (Å²) in [7, 11) is 0. The van der Waals surface area contributed by atoms with Crippen molar-refractivity contribution >= 4 is 5.91 Å². The monoisotopic (exact) mass is 287 g/mol. The average molecular weight is 287 g/mol. The number of hydrogen-bond acceptors (Lipinski definition) is 1. The molecule has 1 aromatic carbocycles. The van der Waals surface area contributed by atoms with Crippen LogP contribution in [0.5, 0.6) is 0 Å². The van der Waals surface area contributed by atoms with Crippen LogP contribution in [0.15, 0.2) is 24.3 Å². The fraction of sp³-hybridized carbons (Fsp3) is 0.632. The minimum atomic E-state index is 0.0786. The van der Waals surface area contributed by atoms with E-state index in [1.807, 2.05) is 17.0 Å². The second-order valence-corrected chi connectivity index (χ2v) is 8.43. The molecule has 0 N–H and O–H groups in total. The first-order valence-corrected chi connectivity index (χ1v) is 7.99. The van der Waals surface area contributed by atoms with Gasteiger partial charge < -0.3 is 4.90 Å². The van der Waals surface area contributed by atoms with E-state index in [-0.39, 0.29) is 16.7 Å². The molecule has 1 unspecified atom stereocenters. The van der Waals surface area contributed by atoms with Crippen molar-refractivity contribution in [1.29, 1.82) is 0 Å². The van der Waals surface area contributed by atoms with Crippen LogP contribution in [0.2, 0.25) is 0 Å². The summed E-state index contributed by atoms with van der Waals surface area (Å²) in [6, 6.07) is 8.12. The summed E-state index contributed by atoms with van der Waals surface area (Å²) in [6.45, 7) is 15.1. The summed E-state index contributed by atoms with van der Waals surface area (Å²) in [6.07, 6.45) is 1.12. The third kappa shape index (κ3) is 3.66. The Balaban J connectivity index is 2.15. The van der Waals surface area contributed by atoms with Crippen LogP contribution < -0.4 is 0 Å². The van der Waals surface area contributed by atoms with Crippen LogP contribution in [-0.2, 0) is 5.41 Å². The molecule has 1 heterocycles. The van der Waals surface area contributed by atoms with Crippen LogP contribution in [0.25, 0.3) is 0 Å². The van der Waals surface area contributed by atoms with Crippen molar-refractivity contribution in [3.05, 3.63) is 35.4 Å². The Morgan fingerprint density at radius 1 is 1.14 bits per heavy atom. The predicted molar refractivity (Wildman–Crippen MR) is 88.6 cm³/mol. The number of carbonyl (C=O) groups is 1. The molecule has 0 aliphatic carbocycles. The zero-order valence-electron chi connectivity index (χ0n) is 14.4. The highest BCUT2D eigenvalue weighted by Crippen LogP contribution is 2.34. The van der Waals surface area contributed by atoms with Crippen LogP contribution in [0, 0.1) is 11.3 Å². The summed E-state index contributed by atoms with van der Waals surface area (Å²) in [5, 5.41) is 0. The molecule has 2 heteroatoms. The lowest BCUT2D eigenvalue weighted by molar-refractivity contribution is 0.0776. The van der Waals surface area contributed by atoms with Gasteiger partial charge in [0, 0.05) is 18.7 Å². The van der Waals surface area contributed by atoms with Crippen LogP contribution in [0.3, 0.4) is 0 Å². The highest BCUT2D eigenvalue weighted by Gasteiger charge is 2.34. The molecule has 1 saturated heterocycles. The summed E-state index contributed by atoms with van der Waals surface area (Å²) >= 11 is 0. The molecule has 0 radical (unpaired) electrons. The van der Waals surface area contributed by atoms with Gasteiger partial charge in [-0.1, -0.05) is 53.7 Å². The van der Waals surface area contributed by atoms with Crippen molar-refractivity contribution in [3.63, 3.8) is 0 Å². The summed E-state index contributed by atoms with van der Waals surface area (Å²) < 4.78 is 0. The fourth-order valence-electron chi connectivity index (χ4n) is 2.95. The Labute approximate surface area is 129 Å². The largest absolute Gasteiger partial charge is 0.338 e. The number of rotatable bonds is 1. The maximum Gasteiger partial charge on any atom is 0.253 e. The molecule has 1 aliphatic rings. The van der Waals surface area contributed by atoms with E-state index in [9.17, 15) is 4.79 Å². The molecule has 0 spiro atoms. The standard InChI is InChI=1S/C19H29NO/c1-18(2,3)15-9-7-8-14(12-15)17(21)20-11-10-16(13-20)19(4,5)6/h7-9,12,16H,10-11,13H2,1-6H3. The number of likely N-dealkylation sites (tertiary alicyclic amines) is 1. The molecule has 2 rings (SSSR count). The van der Waals surface area contributed by atoms with Crippen LogP contribution in [0.4, 0.5) is 0 Å². The van der Waals surface area contributed by atoms with Crippen molar-refractivity contribution in [2.45, 2.75) is 53.4 Å². The highest BCUT2D eigenvalue weighted by atomic mass is 16.2. The summed E-state index contributed by atoms with van der Waals surface area (Å²) in [4.78, 5) is 14.8. The van der Waals surface area contributed by atoms with Crippen molar-refractivity contribution in [2.75, 3.05) is 13.1 Å². The van der Waals surface area contributed by atoms with E-state index < -0.39 is 0 Å². The smallest absolute Gasteiger partial charge is 0.253 e. The molecule has 0 aromatic heterocycles. The minimum absolute atomic E-state index is 0.0786. The van der Waals surface area contributed by atoms with Gasteiger partial charge in [-0.25, -0.2) is 0 Å². The van der Waals surface area contributed by atoms with Crippen LogP contribution in [0.1, 0.15) is 63.9 Å². The van der Waals surface area contributed by atoms with Gasteiger partial charge >= 0.3 is 0 Å². The number of benzene rings is 1. The highest BCUT2D eigenvalue weighted by molar-refractivity contribution is 5.94. The van der Waals surface area contributed by atoms with E-state index >= 15 is 0 Å². The Morgan fingerprint density at radius 2 is 1.81 bits per heavy atom. The maximum absolute atomic E-state index is 12.7. The van der Waals surface area contributed by atoms with E-state index in [1.54, 1.807) is 0 Å². The quantitative estimate of drug-likeness (QED) is 0.745. The first kappa shape index (κ1) is 16.1. The Bertz CT molecular complexity index is 519. The van der Waals surface area contributed by atoms with E-state index in [0.717, 1.165) is 25.1 Å². The number of hydrogen-bond donors (Lipinski definition) is 0. The van der Waals surface area contributed by atoms with Gasteiger partial charge in [0.1, 0.15) is 0 Å². The lowest BCUT2D eigenvalue weighted by Crippen LogP contribution is -2.31. The normalized spacial score (nSPS) is 19.9. The van der Waals surface area contributed by atoms with E-state index in [4.69, 9.17) is 0 Å². The second kappa shape index (κ2) is 5.47. The molecule has 21 heavy (non-hydrogen) atoms. The van der Waals surface area contributed by atoms with Gasteiger partial charge in [-0.15, -0.1) is 0 Å². The molecule has 1 amide bonds. The third-order valence-electron chi connectivity index (χ3n) is 4.68. The molecular formula is C19H29NO. The molecule has 1 aliphatic heterocycles. The number of nitrogens with zero attached hydrogens (tertiary/aromatic N) is 1. The third-order valence-corrected chi connectivity index (χ3v) is 4.68. The molecule has 0 saturated carbocycles. The predicted octanol–water partition coefficient (Wildman–Crippen LogP) is 4.49. The SMILES string of the molecule is CC(C)(C)c1cccc(C(=O)N2CCC(C(C)(C)C)C2)c1. The molecular weight excluding hydrogens is 258 g/mol. The van der Waals surface area contributed by atoms with Gasteiger partial charge in [0.05, 0.1) is 0 Å². The Hall–Kier alpha value is -1.31. The minimum Gasteiger partial charge on any atom is -0.338 e. The Morgan fingerprint density at radius 3 is 2.33 bits per heavy atom. The first-order valence-electron chi connectivity index (χ1n) is 7.99. The topological polar surface area (TPSA) is 20.3 Å². The molecule has 1 aromatic rings. The second-order valence-electron chi connectivity index (χ2n) is 8.43. The molecule has 1 atom stereocenters. The van der Waals surface area contributed by atoms with Crippen LogP contribution >= 0.6 is 0 Å². The van der Waals surface area contributed by atoms with Crippen molar-refractivity contribution in [1.82, 2.24) is 4.90 Å². The zero-order valence-corrected chi connectivity index (χ0v) is 14.4. The average Bonchev–Trinajstić information content (AvgIpc) is 2.86. The summed E-state index contributed by atoms with van der Waals surface area (Å²) in [5.74, 6) is 0.792. The van der Waals surface area contributed by atoms with Gasteiger partial charge in [-0.2, -0.15) is 0 Å². The van der Waals surface area contributed by atoms with E-state index in [0.29, 0.717) is 5.92 Å². The molecule has 0 bridgehead atoms. The molecule has 2 nitrogen and oxygen atoms in total. The molecule has 116 valence electrons. The first-order chi connectivity index (χ1) is 9.59. The molecule has 1 fully saturated rings. The maximum atomic E-state index is 12.7. The number of amides is 1. The lowest BCUT2D eigenvalue weighted by Gasteiger charge is -2.27. The van der Waals surface area contributed by atoms with E-state index in [2.05, 4.69) is 53.7 Å². The zero-order chi connectivity index (χ0) is 15.8. The van der Waals surface area contributed by atoms with Crippen molar-refractivity contribution < 1.29 is 4.79 Å². The summed E-state index contributed by atoms with van der Waals surface area (Å²) in [5.41, 5.74) is 2.41. The van der Waals surface area contributed by atoms with Gasteiger partial charge in [0.2, 0.25) is 0 Å². The van der Waals surface area contributed by atoms with E-state index in [1.165, 1.54) is 5.56 Å². The Kier molecular flexibility index (Phi) is 4.19. The number of carbonyl (C=O) groups excluding carboxylic acids is 1. The fourth-order valence-corrected chi connectivity index (χ4v) is 2.95. The van der Waals surface area contributed by atoms with Crippen molar-refractivity contribution in [3.8, 4) is 0 Å². The van der Waals surface area contributed by atoms with Gasteiger partial charge in [0.15, 0.2) is 0 Å². The van der Waals surface area contributed by atoms with Gasteiger partial charge in [0.25, 0.3) is 5.91 Å². The lowest BCUT2D eigenvalue weighted by atomic mass is 9.80. The van der Waals surface area contributed by atoms with Crippen LogP contribution in [-0.4, -0.2) is 23.9 Å². The van der Waals surface area contributed by atoms with Crippen molar-refractivity contribution in [2.24, 2.45) is 11.3 Å².